The summed E-state index contributed by atoms with van der Waals surface area (Å²) in [5.41, 5.74) is 1.29. The van der Waals surface area contributed by atoms with E-state index >= 15 is 0 Å². The molecule has 13 heavy (non-hydrogen) atoms. The molecule has 0 aliphatic carbocycles. The third-order valence-electron chi connectivity index (χ3n) is 1.63. The summed E-state index contributed by atoms with van der Waals surface area (Å²) in [6.45, 7) is 12.5. The van der Waals surface area contributed by atoms with Crippen molar-refractivity contribution in [2.24, 2.45) is 0 Å². The predicted octanol–water partition coefficient (Wildman–Crippen LogP) is 2.98. The van der Waals surface area contributed by atoms with Gasteiger partial charge in [0.15, 0.2) is 0 Å². The average molecular weight is 180 g/mol. The van der Waals surface area contributed by atoms with E-state index in [2.05, 4.69) is 13.2 Å². The van der Waals surface area contributed by atoms with Crippen molar-refractivity contribution in [1.82, 2.24) is 0 Å². The highest BCUT2D eigenvalue weighted by molar-refractivity contribution is 5.87. The van der Waals surface area contributed by atoms with Gasteiger partial charge in [0, 0.05) is 12.0 Å². The van der Waals surface area contributed by atoms with E-state index in [0.29, 0.717) is 17.8 Å². The lowest BCUT2D eigenvalue weighted by Gasteiger charge is -2.08. The molecule has 0 aromatic rings. The monoisotopic (exact) mass is 180 g/mol. The number of allylic oxidation sites excluding steroid dienone is 3. The van der Waals surface area contributed by atoms with Crippen molar-refractivity contribution < 1.29 is 9.53 Å². The molecule has 0 aliphatic rings. The minimum absolute atomic E-state index is 0.377. The SMILES string of the molecule is C=C/C(C)=C(\CC)OC(=O)C(=C)C. The lowest BCUT2D eigenvalue weighted by Crippen LogP contribution is -2.05. The van der Waals surface area contributed by atoms with Crippen LogP contribution in [-0.2, 0) is 9.53 Å². The minimum atomic E-state index is -0.377. The molecule has 0 atom stereocenters. The molecule has 2 heteroatoms. The van der Waals surface area contributed by atoms with E-state index in [0.717, 1.165) is 5.57 Å². The highest BCUT2D eigenvalue weighted by atomic mass is 16.5. The first kappa shape index (κ1) is 11.7. The van der Waals surface area contributed by atoms with Crippen molar-refractivity contribution >= 4 is 5.97 Å². The maximum Gasteiger partial charge on any atom is 0.338 e. The fourth-order valence-corrected chi connectivity index (χ4v) is 0.744. The van der Waals surface area contributed by atoms with Crippen LogP contribution in [0.25, 0.3) is 0 Å². The Labute approximate surface area is 79.6 Å². The highest BCUT2D eigenvalue weighted by Crippen LogP contribution is 2.12. The maximum absolute atomic E-state index is 11.1. The van der Waals surface area contributed by atoms with E-state index < -0.39 is 0 Å². The van der Waals surface area contributed by atoms with Gasteiger partial charge in [-0.25, -0.2) is 4.79 Å². The van der Waals surface area contributed by atoms with E-state index in [1.807, 2.05) is 13.8 Å². The Morgan fingerprint density at radius 3 is 2.31 bits per heavy atom. The summed E-state index contributed by atoms with van der Waals surface area (Å²) in [7, 11) is 0. The van der Waals surface area contributed by atoms with Crippen molar-refractivity contribution in [3.8, 4) is 0 Å². The van der Waals surface area contributed by atoms with Gasteiger partial charge in [0.2, 0.25) is 0 Å². The van der Waals surface area contributed by atoms with E-state index in [1.165, 1.54) is 0 Å². The van der Waals surface area contributed by atoms with Crippen molar-refractivity contribution in [3.63, 3.8) is 0 Å². The van der Waals surface area contributed by atoms with Gasteiger partial charge in [-0.05, 0) is 19.4 Å². The standard InChI is InChI=1S/C11H16O2/c1-6-9(5)10(7-2)13-11(12)8(3)4/h6H,1,3,7H2,2,4-5H3/b10-9+. The van der Waals surface area contributed by atoms with Crippen LogP contribution in [0.2, 0.25) is 0 Å². The van der Waals surface area contributed by atoms with Crippen molar-refractivity contribution in [2.45, 2.75) is 27.2 Å². The zero-order valence-electron chi connectivity index (χ0n) is 8.52. The molecule has 0 bridgehead atoms. The van der Waals surface area contributed by atoms with Crippen LogP contribution in [0, 0.1) is 0 Å². The number of carbonyl (C=O) groups is 1. The second-order valence-corrected chi connectivity index (χ2v) is 2.83. The fourth-order valence-electron chi connectivity index (χ4n) is 0.744. The number of ether oxygens (including phenoxy) is 1. The molecule has 0 unspecified atom stereocenters. The van der Waals surface area contributed by atoms with Crippen LogP contribution in [0.5, 0.6) is 0 Å². The van der Waals surface area contributed by atoms with Gasteiger partial charge in [-0.1, -0.05) is 26.2 Å². The number of rotatable bonds is 4. The van der Waals surface area contributed by atoms with Crippen LogP contribution < -0.4 is 0 Å². The van der Waals surface area contributed by atoms with Crippen molar-refractivity contribution in [3.05, 3.63) is 36.1 Å². The predicted molar refractivity (Wildman–Crippen MR) is 54.1 cm³/mol. The van der Waals surface area contributed by atoms with E-state index in [9.17, 15) is 4.79 Å². The molecule has 0 aliphatic heterocycles. The number of esters is 1. The third kappa shape index (κ3) is 3.74. The van der Waals surface area contributed by atoms with Crippen molar-refractivity contribution in [2.75, 3.05) is 0 Å². The Bertz CT molecular complexity index is 259. The number of carbonyl (C=O) groups excluding carboxylic acids is 1. The van der Waals surface area contributed by atoms with Crippen LogP contribution in [0.1, 0.15) is 27.2 Å². The largest absolute Gasteiger partial charge is 0.427 e. The van der Waals surface area contributed by atoms with E-state index in [-0.39, 0.29) is 5.97 Å². The van der Waals surface area contributed by atoms with Gasteiger partial charge >= 0.3 is 5.97 Å². The van der Waals surface area contributed by atoms with Gasteiger partial charge < -0.3 is 4.74 Å². The summed E-state index contributed by atoms with van der Waals surface area (Å²) in [6, 6.07) is 0. The zero-order chi connectivity index (χ0) is 10.4. The van der Waals surface area contributed by atoms with E-state index in [1.54, 1.807) is 13.0 Å². The third-order valence-corrected chi connectivity index (χ3v) is 1.63. The summed E-state index contributed by atoms with van der Waals surface area (Å²) in [4.78, 5) is 11.1. The van der Waals surface area contributed by atoms with Gasteiger partial charge in [0.05, 0.1) is 0 Å². The quantitative estimate of drug-likeness (QED) is 0.288. The smallest absolute Gasteiger partial charge is 0.338 e. The fraction of sp³-hybridized carbons (Fsp3) is 0.364. The molecule has 0 N–H and O–H groups in total. The highest BCUT2D eigenvalue weighted by Gasteiger charge is 2.07. The molecule has 0 aromatic carbocycles. The molecular weight excluding hydrogens is 164 g/mol. The van der Waals surface area contributed by atoms with Gasteiger partial charge in [0.25, 0.3) is 0 Å². The Morgan fingerprint density at radius 2 is 2.00 bits per heavy atom. The van der Waals surface area contributed by atoms with Gasteiger partial charge in [-0.15, -0.1) is 0 Å². The first-order chi connectivity index (χ1) is 6.02. The van der Waals surface area contributed by atoms with Crippen molar-refractivity contribution in [1.29, 1.82) is 0 Å². The summed E-state index contributed by atoms with van der Waals surface area (Å²) in [6.07, 6.45) is 2.35. The second kappa shape index (κ2) is 5.36. The van der Waals surface area contributed by atoms with Crippen LogP contribution in [0.3, 0.4) is 0 Å². The molecule has 72 valence electrons. The second-order valence-electron chi connectivity index (χ2n) is 2.83. The molecule has 0 spiro atoms. The molecule has 0 fully saturated rings. The molecule has 0 aromatic heterocycles. The maximum atomic E-state index is 11.1. The summed E-state index contributed by atoms with van der Waals surface area (Å²) in [5, 5.41) is 0. The topological polar surface area (TPSA) is 26.3 Å². The summed E-state index contributed by atoms with van der Waals surface area (Å²) >= 11 is 0. The average Bonchev–Trinajstić information content (AvgIpc) is 2.12. The Kier molecular flexibility index (Phi) is 4.82. The molecular formula is C11H16O2. The first-order valence-electron chi connectivity index (χ1n) is 4.22. The van der Waals surface area contributed by atoms with Gasteiger partial charge in [0.1, 0.15) is 5.76 Å². The normalized spacial score (nSPS) is 11.6. The molecule has 0 saturated heterocycles. The van der Waals surface area contributed by atoms with Gasteiger partial charge in [-0.2, -0.15) is 0 Å². The van der Waals surface area contributed by atoms with E-state index in [4.69, 9.17) is 4.74 Å². The van der Waals surface area contributed by atoms with Crippen LogP contribution in [0.4, 0.5) is 0 Å². The van der Waals surface area contributed by atoms with Crippen LogP contribution >= 0.6 is 0 Å². The molecule has 0 rings (SSSR count). The molecule has 0 amide bonds. The Balaban J connectivity index is 4.56. The van der Waals surface area contributed by atoms with Crippen LogP contribution in [0.15, 0.2) is 36.1 Å². The lowest BCUT2D eigenvalue weighted by atomic mass is 10.2. The minimum Gasteiger partial charge on any atom is -0.427 e. The Morgan fingerprint density at radius 1 is 1.46 bits per heavy atom. The first-order valence-corrected chi connectivity index (χ1v) is 4.22. The zero-order valence-corrected chi connectivity index (χ0v) is 8.52. The molecule has 2 nitrogen and oxygen atoms in total. The summed E-state index contributed by atoms with van der Waals surface area (Å²) < 4.78 is 5.08. The molecule has 0 radical (unpaired) electrons. The molecule has 0 heterocycles. The van der Waals surface area contributed by atoms with Crippen LogP contribution in [-0.4, -0.2) is 5.97 Å². The number of hydrogen-bond acceptors (Lipinski definition) is 2. The molecule has 0 saturated carbocycles. The lowest BCUT2D eigenvalue weighted by molar-refractivity contribution is -0.135. The number of hydrogen-bond donors (Lipinski definition) is 0. The Hall–Kier alpha value is -1.31. The summed E-state index contributed by atoms with van der Waals surface area (Å²) in [5.74, 6) is 0.279. The van der Waals surface area contributed by atoms with Gasteiger partial charge in [-0.3, -0.25) is 0 Å².